The molecule has 1 N–H and O–H groups in total. The fourth-order valence-corrected chi connectivity index (χ4v) is 6.23. The molecular weight excluding hydrogens is 613 g/mol. The number of aryl methyl sites for hydroxylation is 2. The predicted octanol–water partition coefficient (Wildman–Crippen LogP) is 5.31. The Labute approximate surface area is 244 Å². The Morgan fingerprint density at radius 1 is 1.03 bits per heavy atom. The first-order valence-electron chi connectivity index (χ1n) is 13.6. The molecule has 2 heterocycles. The molecule has 212 valence electrons. The van der Waals surface area contributed by atoms with Crippen molar-refractivity contribution in [3.63, 3.8) is 0 Å². The lowest BCUT2D eigenvalue weighted by Crippen LogP contribution is -2.51. The molecule has 0 aliphatic carbocycles. The predicted molar refractivity (Wildman–Crippen MR) is 159 cm³/mol. The van der Waals surface area contributed by atoms with E-state index in [4.69, 9.17) is 0 Å². The van der Waals surface area contributed by atoms with E-state index in [1.54, 1.807) is 0 Å². The quantitative estimate of drug-likeness (QED) is 0.261. The van der Waals surface area contributed by atoms with Gasteiger partial charge in [-0.25, -0.2) is 8.78 Å². The van der Waals surface area contributed by atoms with Gasteiger partial charge >= 0.3 is 0 Å². The van der Waals surface area contributed by atoms with Crippen LogP contribution in [-0.2, 0) is 9.59 Å². The Balaban J connectivity index is 1.53. The Bertz CT molecular complexity index is 1240. The van der Waals surface area contributed by atoms with Crippen molar-refractivity contribution >= 4 is 40.1 Å². The second-order valence-electron chi connectivity index (χ2n) is 11.4. The summed E-state index contributed by atoms with van der Waals surface area (Å²) in [6.07, 6.45) is 0. The highest BCUT2D eigenvalue weighted by Gasteiger charge is 2.45. The summed E-state index contributed by atoms with van der Waals surface area (Å²) in [7, 11) is 0. The molecule has 0 saturated carbocycles. The van der Waals surface area contributed by atoms with Crippen molar-refractivity contribution in [3.8, 4) is 0 Å². The molecule has 2 aromatic carbocycles. The Hall–Kier alpha value is -2.27. The first-order valence-corrected chi connectivity index (χ1v) is 14.6. The van der Waals surface area contributed by atoms with Crippen LogP contribution in [0.2, 0.25) is 0 Å². The number of hydrogen-bond donors (Lipinski definition) is 1. The highest BCUT2D eigenvalue weighted by molar-refractivity contribution is 14.1. The van der Waals surface area contributed by atoms with Crippen LogP contribution in [0.15, 0.2) is 30.3 Å². The number of rotatable bonds is 6. The maximum atomic E-state index is 14.9. The van der Waals surface area contributed by atoms with E-state index in [1.807, 2.05) is 11.8 Å². The molecule has 2 aromatic rings. The van der Waals surface area contributed by atoms with E-state index in [0.717, 1.165) is 17.3 Å². The maximum Gasteiger partial charge on any atom is 0.227 e. The molecular formula is C30H39F2IN4O2. The van der Waals surface area contributed by atoms with Crippen LogP contribution in [0.4, 0.5) is 14.5 Å². The van der Waals surface area contributed by atoms with E-state index in [2.05, 4.69) is 77.5 Å². The molecule has 6 nitrogen and oxygen atoms in total. The van der Waals surface area contributed by atoms with Crippen LogP contribution in [0.1, 0.15) is 61.9 Å². The van der Waals surface area contributed by atoms with Crippen LogP contribution >= 0.6 is 22.6 Å². The summed E-state index contributed by atoms with van der Waals surface area (Å²) in [5.74, 6) is -1.99. The zero-order chi connectivity index (χ0) is 28.6. The van der Waals surface area contributed by atoms with E-state index in [-0.39, 0.29) is 27.3 Å². The van der Waals surface area contributed by atoms with Gasteiger partial charge in [0.1, 0.15) is 11.6 Å². The number of carbonyl (C=O) groups is 2. The second-order valence-corrected chi connectivity index (χ2v) is 14.1. The minimum atomic E-state index is -0.613. The molecule has 3 atom stereocenters. The van der Waals surface area contributed by atoms with Crippen LogP contribution in [0, 0.1) is 31.4 Å². The average Bonchev–Trinajstić information content (AvgIpc) is 3.30. The normalized spacial score (nSPS) is 21.3. The van der Waals surface area contributed by atoms with Crippen molar-refractivity contribution in [2.45, 2.75) is 57.0 Å². The topological polar surface area (TPSA) is 55.9 Å². The van der Waals surface area contributed by atoms with Gasteiger partial charge in [-0.3, -0.25) is 14.5 Å². The fraction of sp³-hybridized carbons (Fsp3) is 0.533. The van der Waals surface area contributed by atoms with E-state index in [9.17, 15) is 18.4 Å². The molecule has 2 aliphatic rings. The minimum Gasteiger partial charge on any atom is -0.368 e. The molecule has 9 heteroatoms. The summed E-state index contributed by atoms with van der Waals surface area (Å²) in [5, 5.41) is 3.00. The summed E-state index contributed by atoms with van der Waals surface area (Å²) in [5.41, 5.74) is 4.90. The number of piperazine rings is 1. The molecule has 0 spiro atoms. The number of nitrogens with one attached hydrogen (secondary N) is 1. The number of hydrogen-bond acceptors (Lipinski definition) is 4. The molecule has 0 aromatic heterocycles. The SMILES string of the molecule is CC(=O)NC(C)c1cc(C)c(C)cc1N1CCN(C(=O)[C@@H]2CN(C(C)(C)I)C[C@H]2c2ccc(F)cc2F)CC1. The van der Waals surface area contributed by atoms with Crippen molar-refractivity contribution in [3.05, 3.63) is 64.2 Å². The van der Waals surface area contributed by atoms with E-state index in [1.165, 1.54) is 30.2 Å². The third-order valence-corrected chi connectivity index (χ3v) is 8.89. The molecule has 2 amide bonds. The summed E-state index contributed by atoms with van der Waals surface area (Å²) in [6, 6.07) is 7.86. The fourth-order valence-electron chi connectivity index (χ4n) is 5.83. The number of alkyl halides is 1. The van der Waals surface area contributed by atoms with Crippen molar-refractivity contribution < 1.29 is 18.4 Å². The molecule has 0 radical (unpaired) electrons. The number of anilines is 1. The number of amides is 2. The lowest BCUT2D eigenvalue weighted by Gasteiger charge is -2.39. The highest BCUT2D eigenvalue weighted by Crippen LogP contribution is 2.40. The Kier molecular flexibility index (Phi) is 8.90. The van der Waals surface area contributed by atoms with Crippen LogP contribution in [0.3, 0.4) is 0 Å². The van der Waals surface area contributed by atoms with Gasteiger partial charge in [0.25, 0.3) is 0 Å². The maximum absolute atomic E-state index is 14.9. The molecule has 4 rings (SSSR count). The van der Waals surface area contributed by atoms with E-state index in [0.29, 0.717) is 44.8 Å². The van der Waals surface area contributed by atoms with Crippen molar-refractivity contribution in [1.29, 1.82) is 0 Å². The van der Waals surface area contributed by atoms with Crippen LogP contribution in [0.25, 0.3) is 0 Å². The smallest absolute Gasteiger partial charge is 0.227 e. The summed E-state index contributed by atoms with van der Waals surface area (Å²) in [4.78, 5) is 32.1. The molecule has 0 bridgehead atoms. The van der Waals surface area contributed by atoms with Gasteiger partial charge in [-0.2, -0.15) is 0 Å². The van der Waals surface area contributed by atoms with Gasteiger partial charge in [-0.15, -0.1) is 0 Å². The first kappa shape index (κ1) is 29.7. The summed E-state index contributed by atoms with van der Waals surface area (Å²) >= 11 is 2.35. The minimum absolute atomic E-state index is 0.0263. The van der Waals surface area contributed by atoms with Gasteiger partial charge in [0.05, 0.1) is 15.5 Å². The number of benzene rings is 2. The third kappa shape index (κ3) is 6.56. The zero-order valence-electron chi connectivity index (χ0n) is 23.7. The van der Waals surface area contributed by atoms with E-state index < -0.39 is 17.6 Å². The number of carbonyl (C=O) groups excluding carboxylic acids is 2. The van der Waals surface area contributed by atoms with Crippen LogP contribution in [0.5, 0.6) is 0 Å². The van der Waals surface area contributed by atoms with Gasteiger partial charge in [0, 0.05) is 63.9 Å². The lowest BCUT2D eigenvalue weighted by atomic mass is 9.87. The standard InChI is InChI=1S/C30H39F2IN4O2/c1-18-13-24(20(3)34-21(4)38)28(14-19(18)2)35-9-11-36(12-10-35)29(39)26-17-37(30(5,6)33)16-25(26)23-8-7-22(31)15-27(23)32/h7-8,13-15,20,25-26H,9-12,16-17H2,1-6H3,(H,34,38)/t20?,25-,26+/m0/s1. The van der Waals surface area contributed by atoms with Gasteiger partial charge in [-0.05, 0) is 69.0 Å². The average molecular weight is 653 g/mol. The monoisotopic (exact) mass is 652 g/mol. The molecule has 2 aliphatic heterocycles. The van der Waals surface area contributed by atoms with Crippen molar-refractivity contribution in [2.24, 2.45) is 5.92 Å². The van der Waals surface area contributed by atoms with Gasteiger partial charge < -0.3 is 15.1 Å². The van der Waals surface area contributed by atoms with Crippen LogP contribution < -0.4 is 10.2 Å². The molecule has 39 heavy (non-hydrogen) atoms. The summed E-state index contributed by atoms with van der Waals surface area (Å²) < 4.78 is 28.3. The van der Waals surface area contributed by atoms with E-state index >= 15 is 0 Å². The van der Waals surface area contributed by atoms with Crippen LogP contribution in [-0.4, -0.2) is 64.4 Å². The van der Waals surface area contributed by atoms with Gasteiger partial charge in [-0.1, -0.05) is 34.7 Å². The van der Waals surface area contributed by atoms with Gasteiger partial charge in [0.15, 0.2) is 0 Å². The zero-order valence-corrected chi connectivity index (χ0v) is 25.8. The number of likely N-dealkylation sites (tertiary alicyclic amines) is 1. The first-order chi connectivity index (χ1) is 18.3. The second kappa shape index (κ2) is 11.7. The largest absolute Gasteiger partial charge is 0.368 e. The van der Waals surface area contributed by atoms with Crippen molar-refractivity contribution in [1.82, 2.24) is 15.1 Å². The summed E-state index contributed by atoms with van der Waals surface area (Å²) in [6.45, 7) is 15.4. The van der Waals surface area contributed by atoms with Gasteiger partial charge in [0.2, 0.25) is 11.8 Å². The molecule has 2 saturated heterocycles. The highest BCUT2D eigenvalue weighted by atomic mass is 127. The number of halogens is 3. The molecule has 1 unspecified atom stereocenters. The van der Waals surface area contributed by atoms with Crippen molar-refractivity contribution in [2.75, 3.05) is 44.2 Å². The third-order valence-electron chi connectivity index (χ3n) is 8.21. The lowest BCUT2D eigenvalue weighted by molar-refractivity contribution is -0.136. The molecule has 2 fully saturated rings. The Morgan fingerprint density at radius 3 is 2.26 bits per heavy atom. The number of nitrogens with zero attached hydrogens (tertiary/aromatic N) is 3. The Morgan fingerprint density at radius 2 is 1.67 bits per heavy atom.